The Hall–Kier alpha value is -1.85. The Morgan fingerprint density at radius 2 is 1.56 bits per heavy atom. The highest BCUT2D eigenvalue weighted by Crippen LogP contribution is 2.03. The highest BCUT2D eigenvalue weighted by molar-refractivity contribution is 7.80. The third-order valence-electron chi connectivity index (χ3n) is 3.33. The van der Waals surface area contributed by atoms with Crippen molar-refractivity contribution in [2.45, 2.75) is 44.9 Å². The number of carbonyl (C=O) groups is 4. The molecule has 0 rings (SSSR count). The standard InChI is InChI=1S/C14H26N4O6S/c1-6(2)10(13(22)17-9(4-19)14(23)24)18-11(20)7(3)16-12(21)8(15)5-25/h6-10,19,25H,4-5,15H2,1-3H3,(H,16,21)(H,17,22)(H,18,20)(H,23,24). The second-order valence-corrected chi connectivity index (χ2v) is 6.20. The van der Waals surface area contributed by atoms with E-state index in [1.165, 1.54) is 6.92 Å². The van der Waals surface area contributed by atoms with Gasteiger partial charge in [-0.1, -0.05) is 13.8 Å². The zero-order valence-electron chi connectivity index (χ0n) is 14.4. The minimum absolute atomic E-state index is 0.106. The smallest absolute Gasteiger partial charge is 0.328 e. The molecule has 0 aliphatic carbocycles. The number of amides is 3. The summed E-state index contributed by atoms with van der Waals surface area (Å²) in [5.74, 6) is -3.60. The van der Waals surface area contributed by atoms with Crippen LogP contribution in [0.15, 0.2) is 0 Å². The summed E-state index contributed by atoms with van der Waals surface area (Å²) in [6.07, 6.45) is 0. The molecule has 10 nitrogen and oxygen atoms in total. The SMILES string of the molecule is CC(NC(=O)C(N)CS)C(=O)NC(C(=O)NC(CO)C(=O)O)C(C)C. The van der Waals surface area contributed by atoms with E-state index in [-0.39, 0.29) is 11.7 Å². The number of aliphatic hydroxyl groups excluding tert-OH is 1. The Labute approximate surface area is 151 Å². The van der Waals surface area contributed by atoms with Crippen molar-refractivity contribution in [2.75, 3.05) is 12.4 Å². The van der Waals surface area contributed by atoms with Gasteiger partial charge in [-0.2, -0.15) is 12.6 Å². The number of carboxylic acids is 1. The molecule has 0 aliphatic rings. The monoisotopic (exact) mass is 378 g/mol. The summed E-state index contributed by atoms with van der Waals surface area (Å²) >= 11 is 3.89. The molecule has 0 radical (unpaired) electrons. The quantitative estimate of drug-likeness (QED) is 0.205. The molecule has 0 fully saturated rings. The number of hydrogen-bond acceptors (Lipinski definition) is 7. The van der Waals surface area contributed by atoms with Crippen LogP contribution in [0.1, 0.15) is 20.8 Å². The van der Waals surface area contributed by atoms with Crippen molar-refractivity contribution in [1.29, 1.82) is 0 Å². The van der Waals surface area contributed by atoms with E-state index >= 15 is 0 Å². The van der Waals surface area contributed by atoms with Gasteiger partial charge in [-0.3, -0.25) is 14.4 Å². The van der Waals surface area contributed by atoms with E-state index in [0.29, 0.717) is 0 Å². The molecule has 25 heavy (non-hydrogen) atoms. The largest absolute Gasteiger partial charge is 0.480 e. The molecular weight excluding hydrogens is 352 g/mol. The van der Waals surface area contributed by atoms with Crippen LogP contribution in [0.25, 0.3) is 0 Å². The number of aliphatic hydroxyl groups is 1. The maximum atomic E-state index is 12.2. The Bertz CT molecular complexity index is 502. The maximum absolute atomic E-state index is 12.2. The third kappa shape index (κ3) is 7.71. The lowest BCUT2D eigenvalue weighted by Crippen LogP contribution is -2.58. The molecule has 0 bridgehead atoms. The third-order valence-corrected chi connectivity index (χ3v) is 3.72. The fourth-order valence-electron chi connectivity index (χ4n) is 1.73. The first kappa shape index (κ1) is 23.1. The molecule has 0 aromatic carbocycles. The second kappa shape index (κ2) is 10.9. The summed E-state index contributed by atoms with van der Waals surface area (Å²) in [6.45, 7) is 3.94. The fourth-order valence-corrected chi connectivity index (χ4v) is 1.89. The number of hydrogen-bond donors (Lipinski definition) is 7. The van der Waals surface area contributed by atoms with Crippen LogP contribution in [-0.2, 0) is 19.2 Å². The average molecular weight is 378 g/mol. The van der Waals surface area contributed by atoms with Crippen LogP contribution in [0, 0.1) is 5.92 Å². The Morgan fingerprint density at radius 1 is 1.00 bits per heavy atom. The van der Waals surface area contributed by atoms with E-state index in [4.69, 9.17) is 15.9 Å². The van der Waals surface area contributed by atoms with Gasteiger partial charge in [0, 0.05) is 5.75 Å². The highest BCUT2D eigenvalue weighted by Gasteiger charge is 2.30. The zero-order valence-corrected chi connectivity index (χ0v) is 15.2. The van der Waals surface area contributed by atoms with Crippen molar-refractivity contribution in [2.24, 2.45) is 11.7 Å². The molecule has 0 aliphatic heterocycles. The van der Waals surface area contributed by atoms with Crippen LogP contribution < -0.4 is 21.7 Å². The first-order chi connectivity index (χ1) is 11.5. The van der Waals surface area contributed by atoms with E-state index in [1.807, 2.05) is 0 Å². The first-order valence-electron chi connectivity index (χ1n) is 7.66. The Morgan fingerprint density at radius 3 is 1.96 bits per heavy atom. The highest BCUT2D eigenvalue weighted by atomic mass is 32.1. The number of carbonyl (C=O) groups excluding carboxylic acids is 3. The maximum Gasteiger partial charge on any atom is 0.328 e. The fraction of sp³-hybridized carbons (Fsp3) is 0.714. The van der Waals surface area contributed by atoms with Crippen molar-refractivity contribution in [3.63, 3.8) is 0 Å². The van der Waals surface area contributed by atoms with Gasteiger partial charge in [0.15, 0.2) is 0 Å². The van der Waals surface area contributed by atoms with Gasteiger partial charge >= 0.3 is 5.97 Å². The molecule has 0 aromatic heterocycles. The molecule has 144 valence electrons. The van der Waals surface area contributed by atoms with Crippen LogP contribution in [0.3, 0.4) is 0 Å². The van der Waals surface area contributed by atoms with Crippen molar-refractivity contribution in [1.82, 2.24) is 16.0 Å². The minimum atomic E-state index is -1.48. The summed E-state index contributed by atoms with van der Waals surface area (Å²) < 4.78 is 0. The van der Waals surface area contributed by atoms with Crippen LogP contribution in [0.5, 0.6) is 0 Å². The molecule has 3 amide bonds. The molecular formula is C14H26N4O6S. The summed E-state index contributed by atoms with van der Waals surface area (Å²) in [5, 5.41) is 24.8. The van der Waals surface area contributed by atoms with E-state index in [2.05, 4.69) is 28.6 Å². The van der Waals surface area contributed by atoms with Crippen molar-refractivity contribution in [3.8, 4) is 0 Å². The van der Waals surface area contributed by atoms with Crippen LogP contribution >= 0.6 is 12.6 Å². The second-order valence-electron chi connectivity index (χ2n) is 5.83. The van der Waals surface area contributed by atoms with Gasteiger partial charge in [0.2, 0.25) is 17.7 Å². The number of carboxylic acid groups (broad SMARTS) is 1. The van der Waals surface area contributed by atoms with E-state index in [0.717, 1.165) is 0 Å². The predicted molar refractivity (Wildman–Crippen MR) is 92.9 cm³/mol. The van der Waals surface area contributed by atoms with Crippen molar-refractivity contribution in [3.05, 3.63) is 0 Å². The normalized spacial score (nSPS) is 15.6. The lowest BCUT2D eigenvalue weighted by atomic mass is 10.0. The molecule has 4 atom stereocenters. The van der Waals surface area contributed by atoms with Crippen LogP contribution in [-0.4, -0.2) is 70.4 Å². The number of nitrogens with one attached hydrogen (secondary N) is 3. The van der Waals surface area contributed by atoms with Crippen molar-refractivity contribution < 1.29 is 29.4 Å². The van der Waals surface area contributed by atoms with Gasteiger partial charge in [0.25, 0.3) is 0 Å². The Balaban J connectivity index is 4.90. The molecule has 0 heterocycles. The van der Waals surface area contributed by atoms with Crippen LogP contribution in [0.4, 0.5) is 0 Å². The molecule has 0 spiro atoms. The molecule has 0 saturated heterocycles. The van der Waals surface area contributed by atoms with E-state index < -0.39 is 54.5 Å². The minimum Gasteiger partial charge on any atom is -0.480 e. The van der Waals surface area contributed by atoms with Gasteiger partial charge in [0.1, 0.15) is 18.1 Å². The molecule has 11 heteroatoms. The molecule has 7 N–H and O–H groups in total. The van der Waals surface area contributed by atoms with Gasteiger partial charge in [-0.05, 0) is 12.8 Å². The average Bonchev–Trinajstić information content (AvgIpc) is 2.55. The summed E-state index contributed by atoms with van der Waals surface area (Å²) in [6, 6.07) is -4.35. The van der Waals surface area contributed by atoms with Gasteiger partial charge in [-0.15, -0.1) is 0 Å². The first-order valence-corrected chi connectivity index (χ1v) is 8.29. The molecule has 0 saturated carbocycles. The van der Waals surface area contributed by atoms with E-state index in [1.54, 1.807) is 13.8 Å². The lowest BCUT2D eigenvalue weighted by Gasteiger charge is -2.25. The molecule has 4 unspecified atom stereocenters. The number of rotatable bonds is 10. The molecule has 0 aromatic rings. The number of thiol groups is 1. The zero-order chi connectivity index (χ0) is 19.7. The summed E-state index contributed by atoms with van der Waals surface area (Å²) in [5.41, 5.74) is 5.50. The topological polar surface area (TPSA) is 171 Å². The summed E-state index contributed by atoms with van der Waals surface area (Å²) in [7, 11) is 0. The lowest BCUT2D eigenvalue weighted by molar-refractivity contribution is -0.143. The van der Waals surface area contributed by atoms with Gasteiger partial charge in [-0.25, -0.2) is 4.79 Å². The van der Waals surface area contributed by atoms with Crippen molar-refractivity contribution >= 4 is 36.3 Å². The Kier molecular flexibility index (Phi) is 10.1. The van der Waals surface area contributed by atoms with Crippen LogP contribution in [0.2, 0.25) is 0 Å². The van der Waals surface area contributed by atoms with Gasteiger partial charge in [0.05, 0.1) is 12.6 Å². The predicted octanol–water partition coefficient (Wildman–Crippen LogP) is -2.55. The van der Waals surface area contributed by atoms with Gasteiger partial charge < -0.3 is 31.9 Å². The number of aliphatic carboxylic acids is 1. The summed E-state index contributed by atoms with van der Waals surface area (Å²) in [4.78, 5) is 46.9. The number of nitrogens with two attached hydrogens (primary N) is 1. The van der Waals surface area contributed by atoms with E-state index in [9.17, 15) is 19.2 Å².